The molecule has 0 bridgehead atoms. The summed E-state index contributed by atoms with van der Waals surface area (Å²) in [7, 11) is -3.57. The van der Waals surface area contributed by atoms with Crippen molar-refractivity contribution in [2.75, 3.05) is 60.5 Å². The Labute approximate surface area is 225 Å². The number of sulfonamides is 1. The van der Waals surface area contributed by atoms with Crippen molar-refractivity contribution >= 4 is 27.2 Å². The number of rotatable bonds is 11. The molecule has 10 heteroatoms. The minimum Gasteiger partial charge on any atom is -0.490 e. The van der Waals surface area contributed by atoms with Crippen molar-refractivity contribution in [1.82, 2.24) is 10.3 Å². The van der Waals surface area contributed by atoms with Crippen LogP contribution in [0.4, 0.5) is 17.2 Å². The lowest BCUT2D eigenvalue weighted by Crippen LogP contribution is -2.43. The first-order valence-electron chi connectivity index (χ1n) is 13.1. The monoisotopic (exact) mass is 539 g/mol. The molecule has 0 spiro atoms. The predicted molar refractivity (Wildman–Crippen MR) is 155 cm³/mol. The van der Waals surface area contributed by atoms with Gasteiger partial charge in [-0.15, -0.1) is 0 Å². The summed E-state index contributed by atoms with van der Waals surface area (Å²) in [5.74, 6) is 1.12. The average Bonchev–Trinajstić information content (AvgIpc) is 2.91. The first-order valence-corrected chi connectivity index (χ1v) is 14.8. The van der Waals surface area contributed by atoms with Crippen LogP contribution in [0.2, 0.25) is 0 Å². The molecular formula is C28H37N5O4S. The number of aromatic nitrogens is 1. The molecule has 4 N–H and O–H groups in total. The molecule has 1 aliphatic heterocycles. The standard InChI is InChI=1S/C28H37N5O4S/c1-4-15-38(34,35)32-25-17-21(18-26(36-5-2)27(25)37-6-3)24-16-22(19-31-28(24)29)20-7-9-23(10-8-20)33-13-11-30-12-14-33/h7-10,16-19,30,32H,4-6,11-15H2,1-3H3,(H2,29,31). The van der Waals surface area contributed by atoms with Crippen LogP contribution in [0.25, 0.3) is 22.3 Å². The van der Waals surface area contributed by atoms with E-state index < -0.39 is 10.0 Å². The Morgan fingerprint density at radius 3 is 2.34 bits per heavy atom. The highest BCUT2D eigenvalue weighted by molar-refractivity contribution is 7.92. The molecule has 1 aromatic heterocycles. The number of piperazine rings is 1. The molecule has 0 amide bonds. The fraction of sp³-hybridized carbons (Fsp3) is 0.393. The van der Waals surface area contributed by atoms with Crippen molar-refractivity contribution in [2.24, 2.45) is 0 Å². The van der Waals surface area contributed by atoms with Gasteiger partial charge in [0, 0.05) is 49.2 Å². The SMILES string of the molecule is CCCS(=O)(=O)Nc1cc(-c2cc(-c3ccc(N4CCNCC4)cc3)cnc2N)cc(OCC)c1OCC. The fourth-order valence-corrected chi connectivity index (χ4v) is 5.66. The summed E-state index contributed by atoms with van der Waals surface area (Å²) in [5.41, 5.74) is 11.1. The third-order valence-corrected chi connectivity index (χ3v) is 7.77. The zero-order valence-corrected chi connectivity index (χ0v) is 23.1. The first kappa shape index (κ1) is 27.5. The number of anilines is 3. The van der Waals surface area contributed by atoms with Crippen molar-refractivity contribution in [3.8, 4) is 33.8 Å². The topological polar surface area (TPSA) is 119 Å². The maximum atomic E-state index is 12.7. The van der Waals surface area contributed by atoms with E-state index in [0.717, 1.165) is 37.3 Å². The molecule has 3 aromatic rings. The number of nitrogen functional groups attached to an aromatic ring is 1. The van der Waals surface area contributed by atoms with Gasteiger partial charge >= 0.3 is 0 Å². The zero-order valence-electron chi connectivity index (χ0n) is 22.3. The van der Waals surface area contributed by atoms with Gasteiger partial charge in [-0.3, -0.25) is 4.72 Å². The van der Waals surface area contributed by atoms with Crippen molar-refractivity contribution in [2.45, 2.75) is 27.2 Å². The van der Waals surface area contributed by atoms with Gasteiger partial charge in [0.1, 0.15) is 5.82 Å². The van der Waals surface area contributed by atoms with Crippen LogP contribution in [-0.2, 0) is 10.0 Å². The van der Waals surface area contributed by atoms with Crippen LogP contribution in [0.1, 0.15) is 27.2 Å². The Kier molecular flexibility index (Phi) is 8.96. The summed E-state index contributed by atoms with van der Waals surface area (Å²) in [6, 6.07) is 13.9. The van der Waals surface area contributed by atoms with E-state index >= 15 is 0 Å². The van der Waals surface area contributed by atoms with Crippen molar-refractivity contribution in [1.29, 1.82) is 0 Å². The third kappa shape index (κ3) is 6.49. The van der Waals surface area contributed by atoms with Crippen LogP contribution in [0.5, 0.6) is 11.5 Å². The third-order valence-electron chi connectivity index (χ3n) is 6.29. The fourth-order valence-electron chi connectivity index (χ4n) is 4.53. The normalized spacial score (nSPS) is 13.8. The second-order valence-electron chi connectivity index (χ2n) is 9.08. The molecule has 0 saturated carbocycles. The highest BCUT2D eigenvalue weighted by atomic mass is 32.2. The number of ether oxygens (including phenoxy) is 2. The lowest BCUT2D eigenvalue weighted by molar-refractivity contribution is 0.289. The quantitative estimate of drug-likeness (QED) is 0.329. The molecule has 2 heterocycles. The van der Waals surface area contributed by atoms with Crippen molar-refractivity contribution in [3.63, 3.8) is 0 Å². The van der Waals surface area contributed by atoms with Gasteiger partial charge in [0.25, 0.3) is 0 Å². The largest absolute Gasteiger partial charge is 0.490 e. The van der Waals surface area contributed by atoms with E-state index in [0.29, 0.717) is 53.8 Å². The number of benzene rings is 2. The molecular weight excluding hydrogens is 502 g/mol. The first-order chi connectivity index (χ1) is 18.3. The molecule has 38 heavy (non-hydrogen) atoms. The van der Waals surface area contributed by atoms with Crippen LogP contribution >= 0.6 is 0 Å². The highest BCUT2D eigenvalue weighted by Gasteiger charge is 2.20. The zero-order chi connectivity index (χ0) is 27.1. The average molecular weight is 540 g/mol. The van der Waals surface area contributed by atoms with Gasteiger partial charge in [-0.1, -0.05) is 19.1 Å². The highest BCUT2D eigenvalue weighted by Crippen LogP contribution is 2.42. The molecule has 0 aliphatic carbocycles. The lowest BCUT2D eigenvalue weighted by Gasteiger charge is -2.29. The second kappa shape index (κ2) is 12.4. The molecule has 2 aromatic carbocycles. The van der Waals surface area contributed by atoms with Crippen LogP contribution in [0.15, 0.2) is 48.7 Å². The summed E-state index contributed by atoms with van der Waals surface area (Å²) in [6.07, 6.45) is 2.24. The number of pyridine rings is 1. The number of nitrogens with two attached hydrogens (primary N) is 1. The Morgan fingerprint density at radius 1 is 0.974 bits per heavy atom. The van der Waals surface area contributed by atoms with Gasteiger partial charge in [-0.2, -0.15) is 0 Å². The predicted octanol–water partition coefficient (Wildman–Crippen LogP) is 4.36. The minimum atomic E-state index is -3.57. The second-order valence-corrected chi connectivity index (χ2v) is 10.9. The number of nitrogens with one attached hydrogen (secondary N) is 2. The van der Waals surface area contributed by atoms with E-state index in [1.165, 1.54) is 5.69 Å². The molecule has 0 atom stereocenters. The maximum Gasteiger partial charge on any atom is 0.232 e. The molecule has 1 aliphatic rings. The number of hydrogen-bond donors (Lipinski definition) is 3. The van der Waals surface area contributed by atoms with Gasteiger partial charge in [0.15, 0.2) is 11.5 Å². The van der Waals surface area contributed by atoms with Gasteiger partial charge < -0.3 is 25.4 Å². The molecule has 1 fully saturated rings. The van der Waals surface area contributed by atoms with E-state index in [4.69, 9.17) is 15.2 Å². The number of hydrogen-bond acceptors (Lipinski definition) is 8. The number of nitrogens with zero attached hydrogens (tertiary/aromatic N) is 2. The summed E-state index contributed by atoms with van der Waals surface area (Å²) in [5, 5.41) is 3.38. The smallest absolute Gasteiger partial charge is 0.232 e. The maximum absolute atomic E-state index is 12.7. The van der Waals surface area contributed by atoms with Crippen LogP contribution in [0, 0.1) is 0 Å². The summed E-state index contributed by atoms with van der Waals surface area (Å²) in [4.78, 5) is 6.82. The summed E-state index contributed by atoms with van der Waals surface area (Å²) >= 11 is 0. The van der Waals surface area contributed by atoms with Crippen LogP contribution < -0.4 is 30.1 Å². The van der Waals surface area contributed by atoms with E-state index in [2.05, 4.69) is 44.2 Å². The van der Waals surface area contributed by atoms with Gasteiger partial charge in [-0.25, -0.2) is 13.4 Å². The van der Waals surface area contributed by atoms with Gasteiger partial charge in [-0.05, 0) is 61.7 Å². The molecule has 1 saturated heterocycles. The molecule has 0 radical (unpaired) electrons. The van der Waals surface area contributed by atoms with E-state index in [-0.39, 0.29) is 5.75 Å². The van der Waals surface area contributed by atoms with Crippen LogP contribution in [-0.4, -0.2) is 58.5 Å². The van der Waals surface area contributed by atoms with Gasteiger partial charge in [0.2, 0.25) is 10.0 Å². The molecule has 204 valence electrons. The van der Waals surface area contributed by atoms with Crippen molar-refractivity contribution < 1.29 is 17.9 Å². The van der Waals surface area contributed by atoms with E-state index in [9.17, 15) is 8.42 Å². The molecule has 0 unspecified atom stereocenters. The Morgan fingerprint density at radius 2 is 1.68 bits per heavy atom. The Hall–Kier alpha value is -3.50. The Balaban J connectivity index is 1.74. The van der Waals surface area contributed by atoms with Crippen molar-refractivity contribution in [3.05, 3.63) is 48.7 Å². The summed E-state index contributed by atoms with van der Waals surface area (Å²) < 4.78 is 39.7. The minimum absolute atomic E-state index is 0.00409. The molecule has 4 rings (SSSR count). The van der Waals surface area contributed by atoms with E-state index in [1.807, 2.05) is 32.9 Å². The Bertz CT molecular complexity index is 1340. The van der Waals surface area contributed by atoms with E-state index in [1.54, 1.807) is 12.3 Å². The molecule has 9 nitrogen and oxygen atoms in total. The summed E-state index contributed by atoms with van der Waals surface area (Å²) in [6.45, 7) is 10.2. The van der Waals surface area contributed by atoms with Crippen LogP contribution in [0.3, 0.4) is 0 Å². The lowest BCUT2D eigenvalue weighted by atomic mass is 9.99. The van der Waals surface area contributed by atoms with Gasteiger partial charge in [0.05, 0.1) is 24.7 Å².